The Kier molecular flexibility index (Phi) is 6.34. The third kappa shape index (κ3) is 5.58. The van der Waals surface area contributed by atoms with Gasteiger partial charge in [-0.05, 0) is 18.3 Å². The first kappa shape index (κ1) is 20.0. The van der Waals surface area contributed by atoms with E-state index < -0.39 is 17.4 Å². The largest absolute Gasteiger partial charge is 0.380 e. The normalized spacial score (nSPS) is 24.8. The molecule has 8 nitrogen and oxygen atoms in total. The van der Waals surface area contributed by atoms with E-state index in [9.17, 15) is 19.5 Å². The molecule has 25 heavy (non-hydrogen) atoms. The summed E-state index contributed by atoms with van der Waals surface area (Å²) < 4.78 is 5.47. The van der Waals surface area contributed by atoms with E-state index in [1.807, 2.05) is 13.8 Å². The highest BCUT2D eigenvalue weighted by Crippen LogP contribution is 2.47. The van der Waals surface area contributed by atoms with Gasteiger partial charge in [0.2, 0.25) is 11.8 Å². The Morgan fingerprint density at radius 1 is 1.32 bits per heavy atom. The maximum atomic E-state index is 12.4. The van der Waals surface area contributed by atoms with Gasteiger partial charge in [0.05, 0.1) is 30.8 Å². The Hall–Kier alpha value is -1.32. The van der Waals surface area contributed by atoms with Crippen LogP contribution in [0, 0.1) is 5.41 Å². The molecule has 1 unspecified atom stereocenters. The smallest absolute Gasteiger partial charge is 0.252 e. The summed E-state index contributed by atoms with van der Waals surface area (Å²) >= 11 is 1.17. The van der Waals surface area contributed by atoms with Crippen LogP contribution < -0.4 is 11.1 Å². The van der Waals surface area contributed by atoms with E-state index in [4.69, 9.17) is 10.5 Å². The molecule has 1 atom stereocenters. The lowest BCUT2D eigenvalue weighted by atomic mass is 9.61. The number of nitrogens with one attached hydrogen (secondary N) is 1. The summed E-state index contributed by atoms with van der Waals surface area (Å²) in [5.41, 5.74) is 3.69. The molecule has 1 saturated carbocycles. The van der Waals surface area contributed by atoms with E-state index >= 15 is 0 Å². The highest BCUT2D eigenvalue weighted by molar-refractivity contribution is 8.00. The SMILES string of the molecule is CC1(C)CC(O)(C(=O)NC2COCCN(C(=O)CSCC(N)=O)C2)C1. The lowest BCUT2D eigenvalue weighted by molar-refractivity contribution is -0.165. The molecule has 142 valence electrons. The van der Waals surface area contributed by atoms with Crippen molar-refractivity contribution >= 4 is 29.5 Å². The van der Waals surface area contributed by atoms with Gasteiger partial charge in [0.15, 0.2) is 0 Å². The molecule has 0 bridgehead atoms. The van der Waals surface area contributed by atoms with Crippen molar-refractivity contribution in [2.45, 2.75) is 38.3 Å². The predicted molar refractivity (Wildman–Crippen MR) is 93.8 cm³/mol. The highest BCUT2D eigenvalue weighted by Gasteiger charge is 2.53. The van der Waals surface area contributed by atoms with Gasteiger partial charge in [0.25, 0.3) is 5.91 Å². The van der Waals surface area contributed by atoms with Gasteiger partial charge in [-0.1, -0.05) is 13.8 Å². The number of primary amides is 1. The fourth-order valence-corrected chi connectivity index (χ4v) is 4.13. The molecular weight excluding hydrogens is 346 g/mol. The number of aliphatic hydroxyl groups is 1. The van der Waals surface area contributed by atoms with Gasteiger partial charge in [0.1, 0.15) is 5.60 Å². The van der Waals surface area contributed by atoms with E-state index in [0.29, 0.717) is 39.1 Å². The fourth-order valence-electron chi connectivity index (χ4n) is 3.47. The zero-order valence-electron chi connectivity index (χ0n) is 14.7. The summed E-state index contributed by atoms with van der Waals surface area (Å²) in [5, 5.41) is 13.2. The van der Waals surface area contributed by atoms with E-state index in [1.165, 1.54) is 11.8 Å². The van der Waals surface area contributed by atoms with Crippen molar-refractivity contribution in [2.24, 2.45) is 11.1 Å². The van der Waals surface area contributed by atoms with E-state index in [2.05, 4.69) is 5.32 Å². The van der Waals surface area contributed by atoms with Crippen molar-refractivity contribution < 1.29 is 24.2 Å². The minimum Gasteiger partial charge on any atom is -0.380 e. The van der Waals surface area contributed by atoms with Crippen LogP contribution in [0.3, 0.4) is 0 Å². The molecule has 2 rings (SSSR count). The van der Waals surface area contributed by atoms with Gasteiger partial charge in [-0.3, -0.25) is 14.4 Å². The summed E-state index contributed by atoms with van der Waals surface area (Å²) in [6.07, 6.45) is 0.845. The zero-order valence-corrected chi connectivity index (χ0v) is 15.6. The Morgan fingerprint density at radius 2 is 2.00 bits per heavy atom. The third-order valence-corrected chi connectivity index (χ3v) is 5.33. The van der Waals surface area contributed by atoms with Gasteiger partial charge in [-0.2, -0.15) is 0 Å². The number of thioether (sulfide) groups is 1. The average Bonchev–Trinajstić information content (AvgIpc) is 2.70. The number of carbonyl (C=O) groups is 3. The first-order chi connectivity index (χ1) is 11.6. The summed E-state index contributed by atoms with van der Waals surface area (Å²) in [6.45, 7) is 5.45. The van der Waals surface area contributed by atoms with Gasteiger partial charge in [-0.15, -0.1) is 11.8 Å². The third-order valence-electron chi connectivity index (χ3n) is 4.39. The van der Waals surface area contributed by atoms with Crippen LogP contribution >= 0.6 is 11.8 Å². The molecular formula is C16H27N3O5S. The second kappa shape index (κ2) is 7.92. The second-order valence-electron chi connectivity index (χ2n) is 7.59. The van der Waals surface area contributed by atoms with Gasteiger partial charge in [-0.25, -0.2) is 0 Å². The van der Waals surface area contributed by atoms with Crippen molar-refractivity contribution in [1.29, 1.82) is 0 Å². The quantitative estimate of drug-likeness (QED) is 0.555. The molecule has 1 saturated heterocycles. The van der Waals surface area contributed by atoms with Gasteiger partial charge < -0.3 is 25.8 Å². The van der Waals surface area contributed by atoms with Crippen LogP contribution in [-0.2, 0) is 19.1 Å². The Bertz CT molecular complexity index is 532. The average molecular weight is 373 g/mol. The lowest BCUT2D eigenvalue weighted by Crippen LogP contribution is -2.61. The highest BCUT2D eigenvalue weighted by atomic mass is 32.2. The molecule has 0 radical (unpaired) electrons. The molecule has 1 heterocycles. The van der Waals surface area contributed by atoms with Crippen LogP contribution in [0.1, 0.15) is 26.7 Å². The van der Waals surface area contributed by atoms with Crippen molar-refractivity contribution in [1.82, 2.24) is 10.2 Å². The molecule has 1 aliphatic heterocycles. The Morgan fingerprint density at radius 3 is 2.60 bits per heavy atom. The Balaban J connectivity index is 1.85. The molecule has 4 N–H and O–H groups in total. The zero-order chi connectivity index (χ0) is 18.7. The van der Waals surface area contributed by atoms with Crippen LogP contribution in [0.5, 0.6) is 0 Å². The second-order valence-corrected chi connectivity index (χ2v) is 8.58. The molecule has 3 amide bonds. The number of hydrogen-bond acceptors (Lipinski definition) is 6. The van der Waals surface area contributed by atoms with E-state index in [1.54, 1.807) is 4.90 Å². The van der Waals surface area contributed by atoms with Crippen LogP contribution in [0.2, 0.25) is 0 Å². The standard InChI is InChI=1S/C16H27N3O5S/c1-15(2)9-16(23,10-15)14(22)18-11-5-19(3-4-24-6-11)13(21)8-25-7-12(17)20/h11,23H,3-10H2,1-2H3,(H2,17,20)(H,18,22). The lowest BCUT2D eigenvalue weighted by Gasteiger charge is -2.48. The number of rotatable bonds is 6. The molecule has 2 aliphatic rings. The maximum Gasteiger partial charge on any atom is 0.252 e. The molecule has 1 aliphatic carbocycles. The van der Waals surface area contributed by atoms with Gasteiger partial charge in [0, 0.05) is 13.1 Å². The Labute approximate surface area is 151 Å². The number of carbonyl (C=O) groups excluding carboxylic acids is 3. The minimum atomic E-state index is -1.33. The molecule has 0 spiro atoms. The molecule has 0 aromatic heterocycles. The number of amides is 3. The first-order valence-electron chi connectivity index (χ1n) is 8.36. The monoisotopic (exact) mass is 373 g/mol. The van der Waals surface area contributed by atoms with Crippen LogP contribution in [0.25, 0.3) is 0 Å². The van der Waals surface area contributed by atoms with E-state index in [0.717, 1.165) is 0 Å². The minimum absolute atomic E-state index is 0.0360. The number of hydrogen-bond donors (Lipinski definition) is 3. The molecule has 2 fully saturated rings. The summed E-state index contributed by atoms with van der Waals surface area (Å²) in [6, 6.07) is -0.368. The summed E-state index contributed by atoms with van der Waals surface area (Å²) in [7, 11) is 0. The van der Waals surface area contributed by atoms with Crippen LogP contribution in [-0.4, -0.2) is 77.2 Å². The molecule has 0 aromatic carbocycles. The summed E-state index contributed by atoms with van der Waals surface area (Å²) in [5.74, 6) is -0.739. The van der Waals surface area contributed by atoms with Crippen LogP contribution in [0.4, 0.5) is 0 Å². The van der Waals surface area contributed by atoms with Crippen LogP contribution in [0.15, 0.2) is 0 Å². The first-order valence-corrected chi connectivity index (χ1v) is 9.52. The summed E-state index contributed by atoms with van der Waals surface area (Å²) in [4.78, 5) is 37.0. The van der Waals surface area contributed by atoms with Crippen molar-refractivity contribution in [3.05, 3.63) is 0 Å². The predicted octanol–water partition coefficient (Wildman–Crippen LogP) is -0.900. The van der Waals surface area contributed by atoms with Gasteiger partial charge >= 0.3 is 0 Å². The van der Waals surface area contributed by atoms with E-state index in [-0.39, 0.29) is 28.9 Å². The molecule has 9 heteroatoms. The fraction of sp³-hybridized carbons (Fsp3) is 0.812. The van der Waals surface area contributed by atoms with Crippen molar-refractivity contribution in [2.75, 3.05) is 37.8 Å². The number of ether oxygens (including phenoxy) is 1. The molecule has 0 aromatic rings. The van der Waals surface area contributed by atoms with Crippen molar-refractivity contribution in [3.8, 4) is 0 Å². The number of nitrogens with zero attached hydrogens (tertiary/aromatic N) is 1. The topological polar surface area (TPSA) is 122 Å². The maximum absolute atomic E-state index is 12.4. The number of nitrogens with two attached hydrogens (primary N) is 1. The van der Waals surface area contributed by atoms with Crippen molar-refractivity contribution in [3.63, 3.8) is 0 Å².